The van der Waals surface area contributed by atoms with E-state index in [1.165, 1.54) is 0 Å². The van der Waals surface area contributed by atoms with Gasteiger partial charge in [-0.05, 0) is 32.8 Å². The normalized spacial score (nSPS) is 10.3. The average Bonchev–Trinajstić information content (AvgIpc) is 2.92. The quantitative estimate of drug-likeness (QED) is 0.520. The molecule has 22 heavy (non-hydrogen) atoms. The third kappa shape index (κ3) is 7.01. The van der Waals surface area contributed by atoms with Crippen molar-refractivity contribution < 1.29 is 19.1 Å². The molecule has 0 saturated heterocycles. The van der Waals surface area contributed by atoms with Crippen molar-refractivity contribution in [3.8, 4) is 0 Å². The van der Waals surface area contributed by atoms with Crippen molar-refractivity contribution in [3.05, 3.63) is 18.0 Å². The van der Waals surface area contributed by atoms with Gasteiger partial charge >= 0.3 is 5.97 Å². The van der Waals surface area contributed by atoms with E-state index in [9.17, 15) is 14.4 Å². The van der Waals surface area contributed by atoms with Gasteiger partial charge in [-0.3, -0.25) is 9.48 Å². The van der Waals surface area contributed by atoms with Crippen LogP contribution in [0.15, 0.2) is 12.3 Å². The van der Waals surface area contributed by atoms with Gasteiger partial charge in [0.1, 0.15) is 5.78 Å². The number of unbranched alkanes of at least 4 members (excludes halogenated alkanes) is 1. The molecule has 7 heteroatoms. The number of carbonyl (C=O) groups excluding carboxylic acids is 3. The highest BCUT2D eigenvalue weighted by molar-refractivity contribution is 5.87. The first-order chi connectivity index (χ1) is 10.5. The summed E-state index contributed by atoms with van der Waals surface area (Å²) < 4.78 is 6.43. The molecule has 0 spiro atoms. The molecule has 1 rings (SSSR count). The lowest BCUT2D eigenvalue weighted by molar-refractivity contribution is -0.121. The summed E-state index contributed by atoms with van der Waals surface area (Å²) >= 11 is 0. The maximum absolute atomic E-state index is 11.6. The summed E-state index contributed by atoms with van der Waals surface area (Å²) in [6.45, 7) is 4.52. The van der Waals surface area contributed by atoms with Crippen molar-refractivity contribution in [2.45, 2.75) is 46.1 Å². The third-order valence-electron chi connectivity index (χ3n) is 2.97. The number of ketones is 1. The van der Waals surface area contributed by atoms with Crippen LogP contribution in [-0.2, 0) is 20.9 Å². The van der Waals surface area contributed by atoms with Gasteiger partial charge in [0.2, 0.25) is 5.91 Å². The van der Waals surface area contributed by atoms with Gasteiger partial charge in [-0.15, -0.1) is 0 Å². The van der Waals surface area contributed by atoms with E-state index in [2.05, 4.69) is 10.4 Å². The second kappa shape index (κ2) is 9.70. The Balaban J connectivity index is 2.20. The van der Waals surface area contributed by atoms with Crippen LogP contribution in [0.1, 0.15) is 50.0 Å². The van der Waals surface area contributed by atoms with E-state index in [1.807, 2.05) is 0 Å². The zero-order valence-corrected chi connectivity index (χ0v) is 13.1. The molecule has 0 bridgehead atoms. The highest BCUT2D eigenvalue weighted by Crippen LogP contribution is 2.01. The number of hydrogen-bond acceptors (Lipinski definition) is 5. The van der Waals surface area contributed by atoms with Crippen LogP contribution in [0, 0.1) is 0 Å². The van der Waals surface area contributed by atoms with Gasteiger partial charge in [0.05, 0.1) is 13.2 Å². The van der Waals surface area contributed by atoms with Crippen molar-refractivity contribution >= 4 is 17.7 Å². The molecule has 1 aromatic heterocycles. The van der Waals surface area contributed by atoms with Crippen LogP contribution in [0.2, 0.25) is 0 Å². The summed E-state index contributed by atoms with van der Waals surface area (Å²) in [5.74, 6) is -0.339. The smallest absolute Gasteiger partial charge is 0.358 e. The summed E-state index contributed by atoms with van der Waals surface area (Å²) in [6, 6.07) is 1.58. The fourth-order valence-electron chi connectivity index (χ4n) is 1.86. The Bertz CT molecular complexity index is 511. The molecular weight excluding hydrogens is 286 g/mol. The number of ether oxygens (including phenoxy) is 1. The van der Waals surface area contributed by atoms with Gasteiger partial charge in [-0.2, -0.15) is 5.10 Å². The van der Waals surface area contributed by atoms with Crippen molar-refractivity contribution in [2.75, 3.05) is 13.2 Å². The van der Waals surface area contributed by atoms with Gasteiger partial charge in [0.15, 0.2) is 5.69 Å². The highest BCUT2D eigenvalue weighted by atomic mass is 16.5. The lowest BCUT2D eigenvalue weighted by Gasteiger charge is -2.05. The average molecular weight is 309 g/mol. The molecule has 7 nitrogen and oxygen atoms in total. The van der Waals surface area contributed by atoms with E-state index >= 15 is 0 Å². The van der Waals surface area contributed by atoms with Gasteiger partial charge in [0.25, 0.3) is 0 Å². The number of rotatable bonds is 10. The SMILES string of the molecule is CCOC(=O)c1ccn(CCNC(=O)CCCCC(C)=O)n1. The first-order valence-electron chi connectivity index (χ1n) is 7.49. The Morgan fingerprint density at radius 2 is 2.00 bits per heavy atom. The number of nitrogens with one attached hydrogen (secondary N) is 1. The van der Waals surface area contributed by atoms with E-state index in [4.69, 9.17) is 4.74 Å². The van der Waals surface area contributed by atoms with E-state index in [1.54, 1.807) is 30.8 Å². The topological polar surface area (TPSA) is 90.3 Å². The molecule has 1 heterocycles. The number of amides is 1. The number of Topliss-reactive ketones (excluding diaryl/α,β-unsaturated/α-hetero) is 1. The number of hydrogen-bond donors (Lipinski definition) is 1. The maximum atomic E-state index is 11.6. The third-order valence-corrected chi connectivity index (χ3v) is 2.97. The minimum atomic E-state index is -0.448. The predicted octanol–water partition coefficient (Wildman–Crippen LogP) is 1.33. The van der Waals surface area contributed by atoms with Gasteiger partial charge in [-0.1, -0.05) is 0 Å². The second-order valence-corrected chi connectivity index (χ2v) is 4.94. The Hall–Kier alpha value is -2.18. The highest BCUT2D eigenvalue weighted by Gasteiger charge is 2.10. The second-order valence-electron chi connectivity index (χ2n) is 4.94. The molecule has 1 amide bonds. The molecule has 0 fully saturated rings. The van der Waals surface area contributed by atoms with E-state index in [0.717, 1.165) is 6.42 Å². The largest absolute Gasteiger partial charge is 0.461 e. The molecule has 0 aliphatic carbocycles. The molecule has 0 aromatic carbocycles. The zero-order chi connectivity index (χ0) is 16.4. The Morgan fingerprint density at radius 3 is 2.68 bits per heavy atom. The lowest BCUT2D eigenvalue weighted by Crippen LogP contribution is -2.27. The molecule has 0 aliphatic rings. The summed E-state index contributed by atoms with van der Waals surface area (Å²) in [6.07, 6.45) is 4.06. The predicted molar refractivity (Wildman–Crippen MR) is 80.3 cm³/mol. The maximum Gasteiger partial charge on any atom is 0.358 e. The van der Waals surface area contributed by atoms with Crippen LogP contribution in [0.3, 0.4) is 0 Å². The van der Waals surface area contributed by atoms with Gasteiger partial charge in [0, 0.05) is 25.6 Å². The Morgan fingerprint density at radius 1 is 1.27 bits per heavy atom. The fourth-order valence-corrected chi connectivity index (χ4v) is 1.86. The molecular formula is C15H23N3O4. The summed E-state index contributed by atoms with van der Waals surface area (Å²) in [4.78, 5) is 33.8. The van der Waals surface area contributed by atoms with Crippen molar-refractivity contribution in [1.29, 1.82) is 0 Å². The van der Waals surface area contributed by atoms with Crippen LogP contribution in [0.4, 0.5) is 0 Å². The zero-order valence-electron chi connectivity index (χ0n) is 13.1. The molecule has 0 radical (unpaired) electrons. The number of nitrogens with zero attached hydrogens (tertiary/aromatic N) is 2. The summed E-state index contributed by atoms with van der Waals surface area (Å²) in [5, 5.41) is 6.86. The minimum Gasteiger partial charge on any atom is -0.461 e. The number of esters is 1. The first-order valence-corrected chi connectivity index (χ1v) is 7.49. The minimum absolute atomic E-state index is 0.0404. The Kier molecular flexibility index (Phi) is 7.88. The fraction of sp³-hybridized carbons (Fsp3) is 0.600. The molecule has 0 aliphatic heterocycles. The molecule has 0 atom stereocenters. The standard InChI is InChI=1S/C15H23N3O4/c1-3-22-15(21)13-8-10-18(17-13)11-9-16-14(20)7-5-4-6-12(2)19/h8,10H,3-7,9,11H2,1-2H3,(H,16,20). The van der Waals surface area contributed by atoms with E-state index in [0.29, 0.717) is 39.0 Å². The van der Waals surface area contributed by atoms with Crippen molar-refractivity contribution in [1.82, 2.24) is 15.1 Å². The van der Waals surface area contributed by atoms with Gasteiger partial charge in [-0.25, -0.2) is 4.79 Å². The van der Waals surface area contributed by atoms with Crippen LogP contribution in [0.5, 0.6) is 0 Å². The Labute approximate surface area is 130 Å². The summed E-state index contributed by atoms with van der Waals surface area (Å²) in [5.41, 5.74) is 0.261. The number of aromatic nitrogens is 2. The molecule has 122 valence electrons. The van der Waals surface area contributed by atoms with Crippen LogP contribution in [0.25, 0.3) is 0 Å². The van der Waals surface area contributed by atoms with Crippen LogP contribution < -0.4 is 5.32 Å². The summed E-state index contributed by atoms with van der Waals surface area (Å²) in [7, 11) is 0. The molecule has 1 aromatic rings. The van der Waals surface area contributed by atoms with Crippen molar-refractivity contribution in [3.63, 3.8) is 0 Å². The van der Waals surface area contributed by atoms with Crippen LogP contribution >= 0.6 is 0 Å². The molecule has 0 saturated carbocycles. The van der Waals surface area contributed by atoms with Crippen LogP contribution in [-0.4, -0.2) is 40.6 Å². The lowest BCUT2D eigenvalue weighted by atomic mass is 10.1. The van der Waals surface area contributed by atoms with E-state index < -0.39 is 5.97 Å². The first kappa shape index (κ1) is 17.9. The monoisotopic (exact) mass is 309 g/mol. The van der Waals surface area contributed by atoms with E-state index in [-0.39, 0.29) is 17.4 Å². The molecule has 0 unspecified atom stereocenters. The number of carbonyl (C=O) groups is 3. The van der Waals surface area contributed by atoms with Gasteiger partial charge < -0.3 is 14.8 Å². The van der Waals surface area contributed by atoms with Crippen molar-refractivity contribution in [2.24, 2.45) is 0 Å². The molecule has 1 N–H and O–H groups in total.